The fourth-order valence-electron chi connectivity index (χ4n) is 1.49. The van der Waals surface area contributed by atoms with Gasteiger partial charge >= 0.3 is 5.97 Å². The van der Waals surface area contributed by atoms with E-state index >= 15 is 0 Å². The van der Waals surface area contributed by atoms with Crippen molar-refractivity contribution >= 4 is 17.6 Å². The molecule has 0 spiro atoms. The Labute approximate surface area is 107 Å². The van der Waals surface area contributed by atoms with Gasteiger partial charge in [-0.1, -0.05) is 6.07 Å². The third-order valence-corrected chi connectivity index (χ3v) is 2.45. The SMILES string of the molecule is COC(=O)C(C)Nc1cccc(C(=O)N(C)C)c1. The number of nitrogens with zero attached hydrogens (tertiary/aromatic N) is 1. The highest BCUT2D eigenvalue weighted by molar-refractivity contribution is 5.95. The first-order valence-corrected chi connectivity index (χ1v) is 5.61. The van der Waals surface area contributed by atoms with Crippen LogP contribution in [0.25, 0.3) is 0 Å². The Hall–Kier alpha value is -2.04. The molecule has 1 atom stereocenters. The van der Waals surface area contributed by atoms with Gasteiger partial charge in [0.2, 0.25) is 0 Å². The highest BCUT2D eigenvalue weighted by atomic mass is 16.5. The van der Waals surface area contributed by atoms with Gasteiger partial charge in [0.15, 0.2) is 0 Å². The number of anilines is 1. The van der Waals surface area contributed by atoms with E-state index in [-0.39, 0.29) is 11.9 Å². The lowest BCUT2D eigenvalue weighted by atomic mass is 10.1. The third kappa shape index (κ3) is 3.48. The van der Waals surface area contributed by atoms with Crippen LogP contribution in [-0.4, -0.2) is 44.0 Å². The zero-order valence-corrected chi connectivity index (χ0v) is 11.1. The first kappa shape index (κ1) is 14.0. The van der Waals surface area contributed by atoms with Crippen molar-refractivity contribution in [3.8, 4) is 0 Å². The molecule has 0 aliphatic carbocycles. The van der Waals surface area contributed by atoms with Gasteiger partial charge in [-0.2, -0.15) is 0 Å². The number of ether oxygens (including phenoxy) is 1. The van der Waals surface area contributed by atoms with Gasteiger partial charge in [-0.15, -0.1) is 0 Å². The van der Waals surface area contributed by atoms with Crippen LogP contribution >= 0.6 is 0 Å². The topological polar surface area (TPSA) is 58.6 Å². The van der Waals surface area contributed by atoms with Crippen molar-refractivity contribution in [3.63, 3.8) is 0 Å². The Morgan fingerprint density at radius 1 is 1.33 bits per heavy atom. The molecule has 0 bridgehead atoms. The van der Waals surface area contributed by atoms with E-state index in [0.29, 0.717) is 11.3 Å². The maximum Gasteiger partial charge on any atom is 0.327 e. The number of esters is 1. The van der Waals surface area contributed by atoms with Crippen LogP contribution in [0.2, 0.25) is 0 Å². The van der Waals surface area contributed by atoms with Crippen molar-refractivity contribution in [1.82, 2.24) is 4.90 Å². The van der Waals surface area contributed by atoms with Crippen LogP contribution in [0.1, 0.15) is 17.3 Å². The van der Waals surface area contributed by atoms with Crippen molar-refractivity contribution in [2.24, 2.45) is 0 Å². The number of carbonyl (C=O) groups is 2. The van der Waals surface area contributed by atoms with Crippen LogP contribution in [0.4, 0.5) is 5.69 Å². The largest absolute Gasteiger partial charge is 0.467 e. The van der Waals surface area contributed by atoms with Gasteiger partial charge in [0.05, 0.1) is 7.11 Å². The number of amides is 1. The van der Waals surface area contributed by atoms with Crippen molar-refractivity contribution < 1.29 is 14.3 Å². The lowest BCUT2D eigenvalue weighted by Gasteiger charge is -2.15. The molecule has 1 rings (SSSR count). The molecule has 0 fully saturated rings. The smallest absolute Gasteiger partial charge is 0.327 e. The first-order valence-electron chi connectivity index (χ1n) is 5.61. The Morgan fingerprint density at radius 2 is 2.00 bits per heavy atom. The second kappa shape index (κ2) is 6.05. The Bertz CT molecular complexity index is 444. The molecule has 1 aromatic carbocycles. The summed E-state index contributed by atoms with van der Waals surface area (Å²) in [4.78, 5) is 24.6. The normalized spacial score (nSPS) is 11.6. The molecule has 1 amide bonds. The molecule has 0 aliphatic heterocycles. The molecule has 1 N–H and O–H groups in total. The number of methoxy groups -OCH3 is 1. The summed E-state index contributed by atoms with van der Waals surface area (Å²) in [5, 5.41) is 2.98. The molecule has 5 heteroatoms. The van der Waals surface area contributed by atoms with Crippen molar-refractivity contribution in [3.05, 3.63) is 29.8 Å². The summed E-state index contributed by atoms with van der Waals surface area (Å²) in [6.45, 7) is 1.70. The number of benzene rings is 1. The molecule has 0 radical (unpaired) electrons. The van der Waals surface area contributed by atoms with E-state index in [4.69, 9.17) is 0 Å². The highest BCUT2D eigenvalue weighted by Gasteiger charge is 2.13. The van der Waals surface area contributed by atoms with Gasteiger partial charge in [-0.05, 0) is 25.1 Å². The maximum absolute atomic E-state index is 11.8. The number of hydrogen-bond acceptors (Lipinski definition) is 4. The summed E-state index contributed by atoms with van der Waals surface area (Å²) >= 11 is 0. The average Bonchev–Trinajstić information content (AvgIpc) is 2.36. The highest BCUT2D eigenvalue weighted by Crippen LogP contribution is 2.13. The number of carbonyl (C=O) groups excluding carboxylic acids is 2. The zero-order chi connectivity index (χ0) is 13.7. The minimum Gasteiger partial charge on any atom is -0.467 e. The van der Waals surface area contributed by atoms with Crippen LogP contribution in [0.3, 0.4) is 0 Å². The van der Waals surface area contributed by atoms with Gasteiger partial charge in [0.1, 0.15) is 6.04 Å². The Morgan fingerprint density at radius 3 is 2.56 bits per heavy atom. The van der Waals surface area contributed by atoms with E-state index in [0.717, 1.165) is 0 Å². The van der Waals surface area contributed by atoms with E-state index in [1.807, 2.05) is 0 Å². The van der Waals surface area contributed by atoms with Gasteiger partial charge in [0, 0.05) is 25.3 Å². The predicted molar refractivity (Wildman–Crippen MR) is 69.6 cm³/mol. The molecule has 1 unspecified atom stereocenters. The lowest BCUT2D eigenvalue weighted by molar-refractivity contribution is -0.141. The molecule has 5 nitrogen and oxygen atoms in total. The summed E-state index contributed by atoms with van der Waals surface area (Å²) in [5.74, 6) is -0.427. The molecule has 0 aromatic heterocycles. The Balaban J connectivity index is 2.83. The van der Waals surface area contributed by atoms with Gasteiger partial charge in [0.25, 0.3) is 5.91 Å². The van der Waals surface area contributed by atoms with Gasteiger partial charge in [-0.3, -0.25) is 4.79 Å². The van der Waals surface area contributed by atoms with E-state index in [1.54, 1.807) is 45.3 Å². The molecule has 18 heavy (non-hydrogen) atoms. The third-order valence-electron chi connectivity index (χ3n) is 2.45. The summed E-state index contributed by atoms with van der Waals surface area (Å²) < 4.78 is 4.62. The van der Waals surface area contributed by atoms with Crippen molar-refractivity contribution in [2.45, 2.75) is 13.0 Å². The monoisotopic (exact) mass is 250 g/mol. The summed E-state index contributed by atoms with van der Waals surface area (Å²) in [5.41, 5.74) is 1.28. The van der Waals surface area contributed by atoms with Crippen LogP contribution < -0.4 is 5.32 Å². The molecule has 1 aromatic rings. The van der Waals surface area contributed by atoms with E-state index < -0.39 is 6.04 Å². The average molecular weight is 250 g/mol. The predicted octanol–water partition coefficient (Wildman–Crippen LogP) is 1.36. The number of hydrogen-bond donors (Lipinski definition) is 1. The zero-order valence-electron chi connectivity index (χ0n) is 11.1. The molecular formula is C13H18N2O3. The molecular weight excluding hydrogens is 232 g/mol. The summed E-state index contributed by atoms with van der Waals surface area (Å²) in [7, 11) is 4.73. The molecule has 0 heterocycles. The van der Waals surface area contributed by atoms with Crippen molar-refractivity contribution in [2.75, 3.05) is 26.5 Å². The van der Waals surface area contributed by atoms with Crippen molar-refractivity contribution in [1.29, 1.82) is 0 Å². The Kier molecular flexibility index (Phi) is 4.71. The van der Waals surface area contributed by atoms with Crippen LogP contribution in [-0.2, 0) is 9.53 Å². The number of nitrogens with one attached hydrogen (secondary N) is 1. The molecule has 98 valence electrons. The fourth-order valence-corrected chi connectivity index (χ4v) is 1.49. The molecule has 0 saturated heterocycles. The second-order valence-electron chi connectivity index (χ2n) is 4.17. The number of rotatable bonds is 4. The molecule has 0 saturated carbocycles. The van der Waals surface area contributed by atoms with Crippen LogP contribution in [0, 0.1) is 0 Å². The van der Waals surface area contributed by atoms with Gasteiger partial charge < -0.3 is 15.0 Å². The standard InChI is InChI=1S/C13H18N2O3/c1-9(13(17)18-4)14-11-7-5-6-10(8-11)12(16)15(2)3/h5-9,14H,1-4H3. The molecule has 0 aliphatic rings. The minimum absolute atomic E-state index is 0.0793. The van der Waals surface area contributed by atoms with E-state index in [2.05, 4.69) is 10.1 Å². The quantitative estimate of drug-likeness (QED) is 0.820. The summed E-state index contributed by atoms with van der Waals surface area (Å²) in [6.07, 6.45) is 0. The van der Waals surface area contributed by atoms with Gasteiger partial charge in [-0.25, -0.2) is 4.79 Å². The van der Waals surface area contributed by atoms with E-state index in [1.165, 1.54) is 12.0 Å². The maximum atomic E-state index is 11.8. The minimum atomic E-state index is -0.459. The van der Waals surface area contributed by atoms with Crippen LogP contribution in [0.5, 0.6) is 0 Å². The van der Waals surface area contributed by atoms with Crippen LogP contribution in [0.15, 0.2) is 24.3 Å². The lowest BCUT2D eigenvalue weighted by Crippen LogP contribution is -2.27. The summed E-state index contributed by atoms with van der Waals surface area (Å²) in [6, 6.07) is 6.55. The second-order valence-corrected chi connectivity index (χ2v) is 4.17. The van der Waals surface area contributed by atoms with E-state index in [9.17, 15) is 9.59 Å². The fraction of sp³-hybridized carbons (Fsp3) is 0.385. The first-order chi connectivity index (χ1) is 8.45.